The highest BCUT2D eigenvalue weighted by molar-refractivity contribution is 5.94. The van der Waals surface area contributed by atoms with Crippen LogP contribution in [0.2, 0.25) is 0 Å². The topological polar surface area (TPSA) is 237 Å². The molecule has 0 bridgehead atoms. The average molecular weight is 831 g/mol. The van der Waals surface area contributed by atoms with Crippen molar-refractivity contribution in [2.24, 2.45) is 5.73 Å². The van der Waals surface area contributed by atoms with Gasteiger partial charge in [-0.05, 0) is 64.2 Å². The van der Waals surface area contributed by atoms with E-state index in [1.807, 2.05) is 24.3 Å². The second-order valence-electron chi connectivity index (χ2n) is 14.6. The van der Waals surface area contributed by atoms with Gasteiger partial charge in [-0.3, -0.25) is 9.59 Å². The van der Waals surface area contributed by atoms with Crippen molar-refractivity contribution in [1.82, 2.24) is 10.6 Å². The lowest BCUT2D eigenvalue weighted by molar-refractivity contribution is -0.221. The van der Waals surface area contributed by atoms with Gasteiger partial charge in [-0.1, -0.05) is 12.1 Å². The van der Waals surface area contributed by atoms with Gasteiger partial charge >= 0.3 is 6.09 Å². The van der Waals surface area contributed by atoms with Gasteiger partial charge in [-0.15, -0.1) is 0 Å². The third kappa shape index (κ3) is 27.6. The molecule has 0 saturated carbocycles. The average Bonchev–Trinajstić information content (AvgIpc) is 3.18. The molecule has 1 aromatic carbocycles. The first-order chi connectivity index (χ1) is 27.9. The lowest BCUT2D eigenvalue weighted by atomic mass is 10.1. The number of rotatable bonds is 33. The van der Waals surface area contributed by atoms with Crippen LogP contribution in [0.5, 0.6) is 0 Å². The normalized spacial score (nSPS) is 17.4. The predicted molar refractivity (Wildman–Crippen MR) is 214 cm³/mol. The van der Waals surface area contributed by atoms with E-state index in [9.17, 15) is 24.6 Å². The first kappa shape index (κ1) is 51.1. The van der Waals surface area contributed by atoms with Crippen LogP contribution in [0, 0.1) is 0 Å². The summed E-state index contributed by atoms with van der Waals surface area (Å²) in [6.45, 7) is 11.4. The molecule has 0 aromatic heterocycles. The summed E-state index contributed by atoms with van der Waals surface area (Å²) in [6, 6.07) is 6.75. The molecule has 58 heavy (non-hydrogen) atoms. The molecule has 1 heterocycles. The number of ether oxygens (including phenoxy) is 9. The molecule has 18 nitrogen and oxygen atoms in total. The Balaban J connectivity index is 1.31. The molecule has 3 amide bonds. The first-order valence-corrected chi connectivity index (χ1v) is 20.4. The number of carbonyl (C=O) groups is 3. The summed E-state index contributed by atoms with van der Waals surface area (Å²) in [7, 11) is 0. The fraction of sp³-hybridized carbons (Fsp3) is 0.775. The van der Waals surface area contributed by atoms with Crippen LogP contribution < -0.4 is 21.7 Å². The van der Waals surface area contributed by atoms with E-state index >= 15 is 0 Å². The van der Waals surface area contributed by atoms with Crippen LogP contribution in [0.25, 0.3) is 0 Å². The lowest BCUT2D eigenvalue weighted by Crippen LogP contribution is -2.39. The van der Waals surface area contributed by atoms with E-state index in [4.69, 9.17) is 48.4 Å². The summed E-state index contributed by atoms with van der Waals surface area (Å²) in [5.74, 6) is -0.375. The molecule has 4 atom stereocenters. The molecular weight excluding hydrogens is 760 g/mol. The Labute approximate surface area is 343 Å². The number of nitrogens with two attached hydrogens (primary N) is 1. The third-order valence-corrected chi connectivity index (χ3v) is 8.31. The fourth-order valence-corrected chi connectivity index (χ4v) is 5.31. The zero-order valence-electron chi connectivity index (χ0n) is 34.8. The molecule has 1 unspecified atom stereocenters. The minimum absolute atomic E-state index is 0.104. The summed E-state index contributed by atoms with van der Waals surface area (Å²) in [5.41, 5.74) is 7.22. The second-order valence-corrected chi connectivity index (χ2v) is 14.6. The maximum absolute atomic E-state index is 12.6. The van der Waals surface area contributed by atoms with Crippen LogP contribution in [-0.4, -0.2) is 164 Å². The molecule has 334 valence electrons. The van der Waals surface area contributed by atoms with Crippen molar-refractivity contribution in [2.75, 3.05) is 111 Å². The van der Waals surface area contributed by atoms with Crippen LogP contribution in [0.4, 0.5) is 10.5 Å². The molecule has 1 aliphatic heterocycles. The van der Waals surface area contributed by atoms with Crippen molar-refractivity contribution in [1.29, 1.82) is 0 Å². The van der Waals surface area contributed by atoms with E-state index in [-0.39, 0.29) is 24.8 Å². The van der Waals surface area contributed by atoms with Gasteiger partial charge < -0.3 is 74.5 Å². The van der Waals surface area contributed by atoms with Crippen LogP contribution in [0.3, 0.4) is 0 Å². The van der Waals surface area contributed by atoms with Crippen molar-refractivity contribution in [3.63, 3.8) is 0 Å². The number of amides is 3. The van der Waals surface area contributed by atoms with Gasteiger partial charge in [0, 0.05) is 38.0 Å². The summed E-state index contributed by atoms with van der Waals surface area (Å²) < 4.78 is 49.2. The van der Waals surface area contributed by atoms with Gasteiger partial charge in [0.2, 0.25) is 11.8 Å². The highest BCUT2D eigenvalue weighted by Crippen LogP contribution is 2.21. The summed E-state index contributed by atoms with van der Waals surface area (Å²) in [4.78, 5) is 36.2. The number of aliphatic hydroxyl groups is 2. The molecule has 1 saturated heterocycles. The molecule has 7 N–H and O–H groups in total. The number of alkyl carbamates (subject to hydrolysis) is 1. The summed E-state index contributed by atoms with van der Waals surface area (Å²) >= 11 is 0. The Kier molecular flexibility index (Phi) is 28.1. The summed E-state index contributed by atoms with van der Waals surface area (Å²) in [6.07, 6.45) is 1.55. The van der Waals surface area contributed by atoms with Crippen LogP contribution in [-0.2, 0) is 58.6 Å². The molecule has 1 aromatic rings. The van der Waals surface area contributed by atoms with E-state index in [1.54, 1.807) is 20.8 Å². The number of nitrogens with one attached hydrogen (secondary N) is 3. The van der Waals surface area contributed by atoms with Crippen molar-refractivity contribution in [3.8, 4) is 0 Å². The fourth-order valence-electron chi connectivity index (χ4n) is 5.31. The zero-order valence-corrected chi connectivity index (χ0v) is 34.8. The van der Waals surface area contributed by atoms with Gasteiger partial charge in [-0.25, -0.2) is 4.79 Å². The standard InChI is InChI=1S/C40H70N4O14/c1-40(2,3)58-39(49)43-14-17-51-19-21-53-23-25-55-27-26-54-24-22-52-20-18-50-15-12-36(47)42-13-5-4-6-35(41)38(48)44-32-9-7-31(8-10-32)11-16-56-37-29-33(46)28-34(30-45)57-37/h7-10,33-35,37,45-46H,4-6,11-30,41H2,1-3H3,(H,42,47)(H,43,49)(H,44,48)/t33?,34-,35-,37+/m0/s1. The van der Waals surface area contributed by atoms with Crippen LogP contribution >= 0.6 is 0 Å². The lowest BCUT2D eigenvalue weighted by Gasteiger charge is -2.32. The van der Waals surface area contributed by atoms with E-state index in [2.05, 4.69) is 16.0 Å². The number of hydrogen-bond acceptors (Lipinski definition) is 15. The Morgan fingerprint density at radius 2 is 1.34 bits per heavy atom. The minimum Gasteiger partial charge on any atom is -0.444 e. The number of unbranched alkanes of at least 4 members (excludes halogenated alkanes) is 1. The Bertz CT molecular complexity index is 1220. The van der Waals surface area contributed by atoms with Crippen LogP contribution in [0.15, 0.2) is 24.3 Å². The molecule has 18 heteroatoms. The van der Waals surface area contributed by atoms with Crippen molar-refractivity contribution >= 4 is 23.6 Å². The Morgan fingerprint density at radius 1 is 0.776 bits per heavy atom. The summed E-state index contributed by atoms with van der Waals surface area (Å²) in [5, 5.41) is 27.5. The van der Waals surface area contributed by atoms with Gasteiger partial charge in [-0.2, -0.15) is 0 Å². The molecular formula is C40H70N4O14. The van der Waals surface area contributed by atoms with Crippen molar-refractivity contribution in [2.45, 2.75) is 95.9 Å². The van der Waals surface area contributed by atoms with Gasteiger partial charge in [0.25, 0.3) is 0 Å². The number of carbonyl (C=O) groups excluding carboxylic acids is 3. The SMILES string of the molecule is CC(C)(C)OC(=O)NCCOCCOCCOCCOCCOCCOCCC(=O)NCCCC[C@H](N)C(=O)Nc1ccc(CCO[C@H]2CC(O)C[C@@H](CO)O2)cc1. The molecule has 1 fully saturated rings. The number of aliphatic hydroxyl groups excluding tert-OH is 2. The van der Waals surface area contributed by atoms with Crippen molar-refractivity contribution in [3.05, 3.63) is 29.8 Å². The second kappa shape index (κ2) is 31.9. The Morgan fingerprint density at radius 3 is 1.91 bits per heavy atom. The molecule has 0 aliphatic carbocycles. The van der Waals surface area contributed by atoms with Crippen LogP contribution in [0.1, 0.15) is 64.9 Å². The third-order valence-electron chi connectivity index (χ3n) is 8.31. The van der Waals surface area contributed by atoms with E-state index in [1.165, 1.54) is 0 Å². The number of hydrogen-bond donors (Lipinski definition) is 6. The molecule has 2 rings (SSSR count). The highest BCUT2D eigenvalue weighted by Gasteiger charge is 2.28. The number of benzene rings is 1. The number of anilines is 1. The molecule has 1 aliphatic rings. The Hall–Kier alpha value is -3.01. The minimum atomic E-state index is -0.669. The van der Waals surface area contributed by atoms with E-state index in [0.717, 1.165) is 5.56 Å². The monoisotopic (exact) mass is 830 g/mol. The predicted octanol–water partition coefficient (Wildman–Crippen LogP) is 1.67. The zero-order chi connectivity index (χ0) is 42.3. The smallest absolute Gasteiger partial charge is 0.407 e. The van der Waals surface area contributed by atoms with E-state index < -0.39 is 36.2 Å². The highest BCUT2D eigenvalue weighted by atomic mass is 16.7. The maximum atomic E-state index is 12.6. The largest absolute Gasteiger partial charge is 0.444 e. The van der Waals surface area contributed by atoms with Gasteiger partial charge in [0.15, 0.2) is 6.29 Å². The maximum Gasteiger partial charge on any atom is 0.407 e. The van der Waals surface area contributed by atoms with Crippen molar-refractivity contribution < 1.29 is 67.2 Å². The quantitative estimate of drug-likeness (QED) is 0.0553. The molecule has 0 radical (unpaired) electrons. The first-order valence-electron chi connectivity index (χ1n) is 20.4. The van der Waals surface area contributed by atoms with E-state index in [0.29, 0.717) is 143 Å². The molecule has 0 spiro atoms. The van der Waals surface area contributed by atoms with Gasteiger partial charge in [0.1, 0.15) is 5.60 Å². The van der Waals surface area contributed by atoms with Gasteiger partial charge in [0.05, 0.1) is 111 Å².